The number of pyridine rings is 1. The summed E-state index contributed by atoms with van der Waals surface area (Å²) in [4.78, 5) is 26.0. The Balaban J connectivity index is 1.86. The number of sulfone groups is 1. The van der Waals surface area contributed by atoms with Gasteiger partial charge in [-0.05, 0) is 68.1 Å². The van der Waals surface area contributed by atoms with Gasteiger partial charge in [-0.2, -0.15) is 0 Å². The Morgan fingerprint density at radius 1 is 1.10 bits per heavy atom. The fourth-order valence-electron chi connectivity index (χ4n) is 4.44. The van der Waals surface area contributed by atoms with E-state index in [4.69, 9.17) is 5.73 Å². The van der Waals surface area contributed by atoms with Crippen LogP contribution >= 0.6 is 0 Å². The van der Waals surface area contributed by atoms with Crippen LogP contribution in [0, 0.1) is 18.6 Å². The van der Waals surface area contributed by atoms with Crippen LogP contribution in [0.5, 0.6) is 0 Å². The lowest BCUT2D eigenvalue weighted by Crippen LogP contribution is -2.23. The molecule has 0 radical (unpaired) electrons. The van der Waals surface area contributed by atoms with Gasteiger partial charge in [-0.1, -0.05) is 0 Å². The highest BCUT2D eigenvalue weighted by atomic mass is 32.2. The molecular formula is C28H28F2N6O3S. The molecule has 2 heterocycles. The van der Waals surface area contributed by atoms with Gasteiger partial charge in [0.15, 0.2) is 9.84 Å². The molecule has 2 aromatic carbocycles. The summed E-state index contributed by atoms with van der Waals surface area (Å²) in [6, 6.07) is 6.78. The van der Waals surface area contributed by atoms with Crippen molar-refractivity contribution in [1.82, 2.24) is 14.5 Å². The molecule has 0 unspecified atom stereocenters. The van der Waals surface area contributed by atoms with Crippen LogP contribution in [0.4, 0.5) is 20.2 Å². The maximum atomic E-state index is 14.8. The van der Waals surface area contributed by atoms with E-state index >= 15 is 0 Å². The van der Waals surface area contributed by atoms with Crippen molar-refractivity contribution >= 4 is 43.3 Å². The van der Waals surface area contributed by atoms with E-state index in [0.29, 0.717) is 39.4 Å². The summed E-state index contributed by atoms with van der Waals surface area (Å²) in [5.41, 5.74) is 7.91. The number of hydrogen-bond donors (Lipinski definition) is 2. The van der Waals surface area contributed by atoms with Crippen LogP contribution in [0.15, 0.2) is 69.7 Å². The van der Waals surface area contributed by atoms with Crippen LogP contribution < -0.4 is 16.6 Å². The zero-order chi connectivity index (χ0) is 29.4. The van der Waals surface area contributed by atoms with Crippen molar-refractivity contribution in [3.8, 4) is 0 Å². The number of anilines is 1. The first-order valence-corrected chi connectivity index (χ1v) is 14.0. The van der Waals surface area contributed by atoms with Gasteiger partial charge in [-0.15, -0.1) is 0 Å². The number of nitrogens with one attached hydrogen (secondary N) is 1. The molecule has 2 aromatic heterocycles. The summed E-state index contributed by atoms with van der Waals surface area (Å²) in [6.45, 7) is 5.17. The molecule has 0 aliphatic heterocycles. The number of hydrogen-bond acceptors (Lipinski definition) is 8. The molecule has 9 nitrogen and oxygen atoms in total. The van der Waals surface area contributed by atoms with Crippen molar-refractivity contribution in [2.45, 2.75) is 31.7 Å². The van der Waals surface area contributed by atoms with E-state index in [-0.39, 0.29) is 16.0 Å². The average molecular weight is 567 g/mol. The fraction of sp³-hybridized carbons (Fsp3) is 0.214. The molecule has 0 fully saturated rings. The standard InChI is InChI=1S/C28H28F2N6O3S/c1-15(35-25-7-6-18(29)10-27(25)40(5,38)39)21-8-19(30)9-23-22(21)11-26(36(4)28(23)37)24(12-31)16(2)34-20-13-32-17(3)33-14-20/h6-15,35H,31H2,1-5H3/b24-12+,34-16?/t15-/m1/s1. The third-order valence-electron chi connectivity index (χ3n) is 6.43. The van der Waals surface area contributed by atoms with Crippen LogP contribution in [-0.2, 0) is 16.9 Å². The summed E-state index contributed by atoms with van der Waals surface area (Å²) in [5, 5.41) is 3.58. The highest BCUT2D eigenvalue weighted by Crippen LogP contribution is 2.32. The third kappa shape index (κ3) is 5.76. The number of aryl methyl sites for hydroxylation is 1. The van der Waals surface area contributed by atoms with E-state index in [9.17, 15) is 22.0 Å². The Kier molecular flexibility index (Phi) is 7.83. The first-order chi connectivity index (χ1) is 18.8. The highest BCUT2D eigenvalue weighted by molar-refractivity contribution is 7.90. The van der Waals surface area contributed by atoms with Gasteiger partial charge in [0.1, 0.15) is 17.5 Å². The largest absolute Gasteiger partial charge is 0.404 e. The summed E-state index contributed by atoms with van der Waals surface area (Å²) in [6.07, 6.45) is 5.43. The normalized spacial score (nSPS) is 13.5. The number of benzene rings is 2. The molecule has 0 aliphatic carbocycles. The van der Waals surface area contributed by atoms with Gasteiger partial charge in [0.05, 0.1) is 39.7 Å². The Morgan fingerprint density at radius 3 is 2.40 bits per heavy atom. The quantitative estimate of drug-likeness (QED) is 0.313. The predicted octanol–water partition coefficient (Wildman–Crippen LogP) is 4.58. The molecule has 0 spiro atoms. The van der Waals surface area contributed by atoms with Crippen molar-refractivity contribution in [3.63, 3.8) is 0 Å². The molecule has 0 aliphatic rings. The Hall–Kier alpha value is -4.45. The molecular weight excluding hydrogens is 538 g/mol. The number of halogens is 2. The van der Waals surface area contributed by atoms with Gasteiger partial charge in [0.2, 0.25) is 0 Å². The third-order valence-corrected chi connectivity index (χ3v) is 7.57. The van der Waals surface area contributed by atoms with Crippen molar-refractivity contribution in [1.29, 1.82) is 0 Å². The van der Waals surface area contributed by atoms with Crippen molar-refractivity contribution in [2.24, 2.45) is 17.8 Å². The second-order valence-electron chi connectivity index (χ2n) is 9.39. The number of allylic oxidation sites excluding steroid dienone is 1. The predicted molar refractivity (Wildman–Crippen MR) is 152 cm³/mol. The molecule has 1 atom stereocenters. The molecule has 4 rings (SSSR count). The molecule has 3 N–H and O–H groups in total. The monoisotopic (exact) mass is 566 g/mol. The second kappa shape index (κ2) is 11.0. The summed E-state index contributed by atoms with van der Waals surface area (Å²) in [5.74, 6) is -0.761. The zero-order valence-electron chi connectivity index (χ0n) is 22.5. The average Bonchev–Trinajstić information content (AvgIpc) is 2.89. The molecule has 0 saturated heterocycles. The summed E-state index contributed by atoms with van der Waals surface area (Å²) < 4.78 is 54.5. The lowest BCUT2D eigenvalue weighted by atomic mass is 9.97. The van der Waals surface area contributed by atoms with Gasteiger partial charge in [-0.3, -0.25) is 4.79 Å². The molecule has 40 heavy (non-hydrogen) atoms. The Bertz CT molecular complexity index is 1850. The lowest BCUT2D eigenvalue weighted by molar-refractivity contribution is 0.596. The van der Waals surface area contributed by atoms with Crippen LogP contribution in [0.25, 0.3) is 16.3 Å². The number of fused-ring (bicyclic) bond motifs is 1. The maximum Gasteiger partial charge on any atom is 0.258 e. The number of aliphatic imine (C=N–C) groups is 1. The lowest BCUT2D eigenvalue weighted by Gasteiger charge is -2.21. The van der Waals surface area contributed by atoms with Crippen LogP contribution in [-0.4, -0.2) is 34.9 Å². The van der Waals surface area contributed by atoms with E-state index in [0.717, 1.165) is 24.5 Å². The van der Waals surface area contributed by atoms with Gasteiger partial charge in [0.25, 0.3) is 5.56 Å². The second-order valence-corrected chi connectivity index (χ2v) is 11.4. The fourth-order valence-corrected chi connectivity index (χ4v) is 5.29. The number of nitrogens with two attached hydrogens (primary N) is 1. The topological polar surface area (TPSA) is 132 Å². The van der Waals surface area contributed by atoms with Crippen LogP contribution in [0.1, 0.15) is 37.0 Å². The van der Waals surface area contributed by atoms with E-state index in [1.165, 1.54) is 22.9 Å². The molecule has 4 aromatic rings. The molecule has 208 valence electrons. The van der Waals surface area contributed by atoms with E-state index in [1.54, 1.807) is 46.3 Å². The minimum atomic E-state index is -3.78. The SMILES string of the molecule is CC(=Nc1cnc(C)nc1)/C(=C\N)c1cc2c([C@@H](C)Nc3ccc(F)cc3S(C)(=O)=O)cc(F)cc2c(=O)n1C. The Morgan fingerprint density at radius 2 is 1.77 bits per heavy atom. The van der Waals surface area contributed by atoms with Gasteiger partial charge in [-0.25, -0.2) is 32.2 Å². The smallest absolute Gasteiger partial charge is 0.258 e. The minimum Gasteiger partial charge on any atom is -0.404 e. The number of rotatable bonds is 7. The van der Waals surface area contributed by atoms with Crippen molar-refractivity contribution in [3.05, 3.63) is 94.1 Å². The molecule has 0 amide bonds. The Labute approximate surface area is 230 Å². The van der Waals surface area contributed by atoms with E-state index in [2.05, 4.69) is 20.3 Å². The van der Waals surface area contributed by atoms with Crippen LogP contribution in [0.3, 0.4) is 0 Å². The van der Waals surface area contributed by atoms with Crippen molar-refractivity contribution < 1.29 is 17.2 Å². The van der Waals surface area contributed by atoms with Gasteiger partial charge < -0.3 is 15.6 Å². The molecule has 0 bridgehead atoms. The van der Waals surface area contributed by atoms with Gasteiger partial charge in [0, 0.05) is 36.8 Å². The summed E-state index contributed by atoms with van der Waals surface area (Å²) >= 11 is 0. The minimum absolute atomic E-state index is 0.121. The maximum absolute atomic E-state index is 14.8. The van der Waals surface area contributed by atoms with E-state index in [1.807, 2.05) is 0 Å². The summed E-state index contributed by atoms with van der Waals surface area (Å²) in [7, 11) is -2.23. The molecule has 12 heteroatoms. The van der Waals surface area contributed by atoms with Gasteiger partial charge >= 0.3 is 0 Å². The van der Waals surface area contributed by atoms with Crippen LogP contribution in [0.2, 0.25) is 0 Å². The van der Waals surface area contributed by atoms with Crippen molar-refractivity contribution in [2.75, 3.05) is 11.6 Å². The number of aromatic nitrogens is 3. The first kappa shape index (κ1) is 28.6. The molecule has 0 saturated carbocycles. The highest BCUT2D eigenvalue weighted by Gasteiger charge is 2.21. The zero-order valence-corrected chi connectivity index (χ0v) is 23.3. The first-order valence-electron chi connectivity index (χ1n) is 12.2. The number of nitrogens with zero attached hydrogens (tertiary/aromatic N) is 4. The van der Waals surface area contributed by atoms with E-state index < -0.39 is 33.1 Å².